The van der Waals surface area contributed by atoms with E-state index < -0.39 is 41.2 Å². The highest BCUT2D eigenvalue weighted by molar-refractivity contribution is 5.91. The van der Waals surface area contributed by atoms with Crippen LogP contribution in [0.15, 0.2) is 61.3 Å². The van der Waals surface area contributed by atoms with Gasteiger partial charge in [-0.15, -0.1) is 6.58 Å². The van der Waals surface area contributed by atoms with Gasteiger partial charge >= 0.3 is 18.4 Å². The number of amides is 2. The molecule has 5 atom stereocenters. The largest absolute Gasteiger partial charge is 0.497 e. The van der Waals surface area contributed by atoms with Gasteiger partial charge in [-0.05, 0) is 79.3 Å². The van der Waals surface area contributed by atoms with E-state index in [4.69, 9.17) is 4.74 Å². The third kappa shape index (κ3) is 5.97. The van der Waals surface area contributed by atoms with Crippen molar-refractivity contribution in [2.45, 2.75) is 37.3 Å². The van der Waals surface area contributed by atoms with Crippen LogP contribution in [0.25, 0.3) is 10.9 Å². The fourth-order valence-electron chi connectivity index (χ4n) is 5.99. The van der Waals surface area contributed by atoms with Crippen LogP contribution in [0.5, 0.6) is 5.75 Å². The Morgan fingerprint density at radius 3 is 2.39 bits per heavy atom. The molecule has 2 N–H and O–H groups in total. The Bertz CT molecular complexity index is 1430. The molecule has 6 nitrogen and oxygen atoms in total. The van der Waals surface area contributed by atoms with Crippen LogP contribution in [0.4, 0.5) is 36.8 Å². The minimum Gasteiger partial charge on any atom is -0.497 e. The van der Waals surface area contributed by atoms with Crippen molar-refractivity contribution < 1.29 is 35.9 Å². The van der Waals surface area contributed by atoms with Crippen molar-refractivity contribution in [1.29, 1.82) is 0 Å². The van der Waals surface area contributed by atoms with Crippen molar-refractivity contribution in [2.24, 2.45) is 11.8 Å². The number of methoxy groups -OCH3 is 1. The second kappa shape index (κ2) is 10.9. The van der Waals surface area contributed by atoms with Gasteiger partial charge in [-0.25, -0.2) is 4.79 Å². The summed E-state index contributed by atoms with van der Waals surface area (Å²) in [5.41, 5.74) is -2.31. The van der Waals surface area contributed by atoms with Gasteiger partial charge in [0.1, 0.15) is 5.75 Å². The third-order valence-electron chi connectivity index (χ3n) is 7.99. The summed E-state index contributed by atoms with van der Waals surface area (Å²) < 4.78 is 85.7. The monoisotopic (exact) mass is 578 g/mol. The normalized spacial score (nSPS) is 23.2. The zero-order chi connectivity index (χ0) is 29.5. The molecule has 2 bridgehead atoms. The van der Waals surface area contributed by atoms with Gasteiger partial charge in [-0.2, -0.15) is 26.3 Å². The molecule has 2 aromatic carbocycles. The lowest BCUT2D eigenvalue weighted by atomic mass is 9.73. The van der Waals surface area contributed by atoms with Crippen LogP contribution in [0.3, 0.4) is 0 Å². The maximum Gasteiger partial charge on any atom is 0.416 e. The van der Waals surface area contributed by atoms with Crippen molar-refractivity contribution in [3.8, 4) is 5.75 Å². The predicted molar refractivity (Wildman–Crippen MR) is 141 cm³/mol. The molecule has 4 heterocycles. The van der Waals surface area contributed by atoms with Gasteiger partial charge in [0.05, 0.1) is 29.8 Å². The zero-order valence-corrected chi connectivity index (χ0v) is 22.0. The third-order valence-corrected chi connectivity index (χ3v) is 7.99. The minimum absolute atomic E-state index is 0.0183. The first-order valence-corrected chi connectivity index (χ1v) is 13.0. The summed E-state index contributed by atoms with van der Waals surface area (Å²) in [5.74, 6) is 1.18. The molecule has 0 spiro atoms. The number of fused-ring (bicyclic) bond motifs is 4. The van der Waals surface area contributed by atoms with E-state index in [-0.39, 0.29) is 18.0 Å². The Hall–Kier alpha value is -3.80. The Labute approximate surface area is 232 Å². The number of aromatic nitrogens is 1. The van der Waals surface area contributed by atoms with Crippen LogP contribution < -0.4 is 15.4 Å². The summed E-state index contributed by atoms with van der Waals surface area (Å²) in [5, 5.41) is 5.79. The molecule has 1 aromatic heterocycles. The fraction of sp³-hybridized carbons (Fsp3) is 0.379. The Kier molecular flexibility index (Phi) is 7.62. The smallest absolute Gasteiger partial charge is 0.416 e. The number of ether oxygens (including phenoxy) is 1. The molecule has 3 fully saturated rings. The maximum absolute atomic E-state index is 13.4. The van der Waals surface area contributed by atoms with Gasteiger partial charge in [0.25, 0.3) is 0 Å². The highest BCUT2D eigenvalue weighted by atomic mass is 19.4. The Balaban J connectivity index is 1.51. The number of pyridine rings is 1. The number of nitrogens with zero attached hydrogens (tertiary/aromatic N) is 2. The van der Waals surface area contributed by atoms with Crippen LogP contribution in [0.2, 0.25) is 0 Å². The van der Waals surface area contributed by atoms with E-state index in [0.717, 1.165) is 25.9 Å². The predicted octanol–water partition coefficient (Wildman–Crippen LogP) is 7.04. The quantitative estimate of drug-likeness (QED) is 0.243. The molecular formula is C29H28F6N4O2. The summed E-state index contributed by atoms with van der Waals surface area (Å²) in [6, 6.07) is 6.28. The van der Waals surface area contributed by atoms with E-state index in [0.29, 0.717) is 40.3 Å². The average molecular weight is 579 g/mol. The Morgan fingerprint density at radius 2 is 1.80 bits per heavy atom. The van der Waals surface area contributed by atoms with Crippen LogP contribution in [0, 0.1) is 11.8 Å². The number of hydrogen-bond donors (Lipinski definition) is 2. The van der Waals surface area contributed by atoms with Gasteiger partial charge in [-0.3, -0.25) is 9.88 Å². The molecule has 3 aliphatic heterocycles. The van der Waals surface area contributed by atoms with Crippen LogP contribution in [-0.2, 0) is 12.4 Å². The number of urea groups is 1. The molecule has 3 saturated heterocycles. The second-order valence-electron chi connectivity index (χ2n) is 10.4. The number of alkyl halides is 6. The van der Waals surface area contributed by atoms with Crippen molar-refractivity contribution in [3.63, 3.8) is 0 Å². The van der Waals surface area contributed by atoms with Crippen LogP contribution in [-0.4, -0.2) is 42.2 Å². The number of rotatable bonds is 6. The van der Waals surface area contributed by atoms with Crippen LogP contribution in [0.1, 0.15) is 35.6 Å². The average Bonchev–Trinajstić information content (AvgIpc) is 2.94. The lowest BCUT2D eigenvalue weighted by molar-refractivity contribution is -0.143. The molecule has 41 heavy (non-hydrogen) atoms. The standard InChI is InChI=1S/C29H28F6N4O2/c1-3-16-15-39-9-7-17(16)10-25(39)26(22-6-8-36-24-5-4-21(41-2)14-23(22)24)38-27(40)37-20-12-18(28(30,31)32)11-19(13-20)29(33,34)35/h3-6,8,11-14,16-17,25-26H,1,7,9-10,15H2,2H3,(H2,37,38,40)/t16-,17+,25+,26+/m1/s1. The molecule has 0 saturated carbocycles. The Morgan fingerprint density at radius 1 is 1.10 bits per heavy atom. The number of carbonyl (C=O) groups excluding carboxylic acids is 1. The molecule has 3 aliphatic rings. The van der Waals surface area contributed by atoms with E-state index in [1.54, 1.807) is 30.5 Å². The second-order valence-corrected chi connectivity index (χ2v) is 10.4. The number of halogens is 6. The summed E-state index contributed by atoms with van der Waals surface area (Å²) in [7, 11) is 1.52. The number of nitrogens with one attached hydrogen (secondary N) is 2. The molecule has 12 heteroatoms. The van der Waals surface area contributed by atoms with Gasteiger partial charge in [0, 0.05) is 29.9 Å². The maximum atomic E-state index is 13.4. The van der Waals surface area contributed by atoms with E-state index in [2.05, 4.69) is 27.1 Å². The van der Waals surface area contributed by atoms with E-state index in [1.165, 1.54) is 7.11 Å². The summed E-state index contributed by atoms with van der Waals surface area (Å²) in [6.07, 6.45) is -4.87. The fourth-order valence-corrected chi connectivity index (χ4v) is 5.99. The molecule has 6 rings (SSSR count). The van der Waals surface area contributed by atoms with E-state index >= 15 is 0 Å². The highest BCUT2D eigenvalue weighted by Gasteiger charge is 2.43. The number of benzene rings is 2. The van der Waals surface area contributed by atoms with Gasteiger partial charge in [0.15, 0.2) is 0 Å². The van der Waals surface area contributed by atoms with Crippen molar-refractivity contribution in [1.82, 2.24) is 15.2 Å². The molecule has 218 valence electrons. The zero-order valence-electron chi connectivity index (χ0n) is 22.0. The minimum atomic E-state index is -5.04. The molecule has 0 aliphatic carbocycles. The van der Waals surface area contributed by atoms with Crippen molar-refractivity contribution in [2.75, 3.05) is 25.5 Å². The van der Waals surface area contributed by atoms with Crippen molar-refractivity contribution >= 4 is 22.6 Å². The molecule has 3 aromatic rings. The van der Waals surface area contributed by atoms with Crippen LogP contribution >= 0.6 is 0 Å². The summed E-state index contributed by atoms with van der Waals surface area (Å²) in [4.78, 5) is 19.9. The first-order chi connectivity index (χ1) is 19.4. The topological polar surface area (TPSA) is 66.5 Å². The molecular weight excluding hydrogens is 550 g/mol. The molecule has 1 unspecified atom stereocenters. The van der Waals surface area contributed by atoms with E-state index in [9.17, 15) is 31.1 Å². The van der Waals surface area contributed by atoms with Gasteiger partial charge in [0.2, 0.25) is 0 Å². The van der Waals surface area contributed by atoms with Gasteiger partial charge < -0.3 is 15.4 Å². The van der Waals surface area contributed by atoms with Gasteiger partial charge in [-0.1, -0.05) is 6.08 Å². The lowest BCUT2D eigenvalue weighted by Crippen LogP contribution is -2.57. The number of hydrogen-bond acceptors (Lipinski definition) is 4. The number of piperidine rings is 3. The summed E-state index contributed by atoms with van der Waals surface area (Å²) >= 11 is 0. The first-order valence-electron chi connectivity index (χ1n) is 13.0. The molecule has 2 amide bonds. The first kappa shape index (κ1) is 28.7. The van der Waals surface area contributed by atoms with Crippen molar-refractivity contribution in [3.05, 3.63) is 78.0 Å². The molecule has 0 radical (unpaired) electrons. The number of anilines is 1. The lowest BCUT2D eigenvalue weighted by Gasteiger charge is -2.51. The number of carbonyl (C=O) groups is 1. The van der Waals surface area contributed by atoms with E-state index in [1.807, 2.05) is 6.08 Å². The SMILES string of the molecule is C=C[C@@H]1CN2CC[C@H]1C[C@H]2[C@@H](NC(=O)Nc1cc(C(F)(F)F)cc(C(F)(F)F)c1)c1ccnc2ccc(OC)cc12. The highest BCUT2D eigenvalue weighted by Crippen LogP contribution is 2.43. The summed E-state index contributed by atoms with van der Waals surface area (Å²) in [6.45, 7) is 5.46.